The van der Waals surface area contributed by atoms with Gasteiger partial charge in [0.1, 0.15) is 11.6 Å². The summed E-state index contributed by atoms with van der Waals surface area (Å²) < 4.78 is 5.33. The smallest absolute Gasteiger partial charge is 0.229 e. The molecule has 0 spiro atoms. The molecule has 130 valence electrons. The fraction of sp³-hybridized carbons (Fsp3) is 0.105. The second-order valence-corrected chi connectivity index (χ2v) is 5.94. The van der Waals surface area contributed by atoms with Crippen LogP contribution in [0.1, 0.15) is 11.3 Å². The highest BCUT2D eigenvalue weighted by Gasteiger charge is 2.08. The molecule has 26 heavy (non-hydrogen) atoms. The molecular weight excluding hydrogens is 350 g/mol. The fourth-order valence-electron chi connectivity index (χ4n) is 2.40. The first-order valence-electron chi connectivity index (χ1n) is 7.81. The first-order chi connectivity index (χ1) is 12.6. The topological polar surface area (TPSA) is 82.9 Å². The summed E-state index contributed by atoms with van der Waals surface area (Å²) >= 11 is 6.06. The van der Waals surface area contributed by atoms with Gasteiger partial charge in [0.15, 0.2) is 0 Å². The Hall–Kier alpha value is -3.30. The predicted octanol–water partition coefficient (Wildman–Crippen LogP) is 4.81. The molecule has 2 aromatic carbocycles. The second-order valence-electron chi connectivity index (χ2n) is 5.51. The number of halogens is 1. The van der Waals surface area contributed by atoms with Crippen LogP contribution in [0.25, 0.3) is 0 Å². The van der Waals surface area contributed by atoms with Crippen LogP contribution in [0.15, 0.2) is 48.5 Å². The van der Waals surface area contributed by atoms with Gasteiger partial charge in [-0.1, -0.05) is 17.7 Å². The zero-order valence-corrected chi connectivity index (χ0v) is 15.0. The van der Waals surface area contributed by atoms with Gasteiger partial charge in [-0.3, -0.25) is 0 Å². The number of hydrogen-bond donors (Lipinski definition) is 2. The summed E-state index contributed by atoms with van der Waals surface area (Å²) in [5, 5.41) is 15.9. The van der Waals surface area contributed by atoms with E-state index >= 15 is 0 Å². The molecule has 0 aliphatic rings. The van der Waals surface area contributed by atoms with Gasteiger partial charge >= 0.3 is 0 Å². The molecule has 0 radical (unpaired) electrons. The summed E-state index contributed by atoms with van der Waals surface area (Å²) in [6.07, 6.45) is 0. The largest absolute Gasteiger partial charge is 0.495 e. The van der Waals surface area contributed by atoms with E-state index in [2.05, 4.69) is 26.7 Å². The van der Waals surface area contributed by atoms with Crippen LogP contribution in [-0.2, 0) is 0 Å². The molecule has 0 saturated heterocycles. The third kappa shape index (κ3) is 4.21. The lowest BCUT2D eigenvalue weighted by atomic mass is 10.2. The van der Waals surface area contributed by atoms with Gasteiger partial charge in [0.2, 0.25) is 5.95 Å². The van der Waals surface area contributed by atoms with Crippen LogP contribution in [0.3, 0.4) is 0 Å². The number of nitrogens with one attached hydrogen (secondary N) is 2. The molecule has 0 aliphatic carbocycles. The standard InChI is InChI=1S/C19H16ClN5O/c1-12-8-18(23-15-5-3-4-13(9-15)11-21)25-19(22-12)24-16-10-14(20)6-7-17(16)26-2/h3-10H,1-2H3,(H2,22,23,24,25). The zero-order valence-electron chi connectivity index (χ0n) is 14.2. The molecule has 0 aliphatic heterocycles. The summed E-state index contributed by atoms with van der Waals surface area (Å²) in [6.45, 7) is 1.87. The molecule has 0 amide bonds. The summed E-state index contributed by atoms with van der Waals surface area (Å²) in [7, 11) is 1.58. The van der Waals surface area contributed by atoms with Crippen molar-refractivity contribution in [2.45, 2.75) is 6.92 Å². The van der Waals surface area contributed by atoms with E-state index in [1.54, 1.807) is 37.4 Å². The maximum Gasteiger partial charge on any atom is 0.229 e. The SMILES string of the molecule is COc1ccc(Cl)cc1Nc1nc(C)cc(Nc2cccc(C#N)c2)n1. The van der Waals surface area contributed by atoms with E-state index in [1.807, 2.05) is 25.1 Å². The molecule has 0 saturated carbocycles. The van der Waals surface area contributed by atoms with Gasteiger partial charge in [-0.05, 0) is 43.3 Å². The summed E-state index contributed by atoms with van der Waals surface area (Å²) in [4.78, 5) is 8.87. The number of hydrogen-bond acceptors (Lipinski definition) is 6. The lowest BCUT2D eigenvalue weighted by Gasteiger charge is -2.12. The van der Waals surface area contributed by atoms with Gasteiger partial charge in [0.25, 0.3) is 0 Å². The third-order valence-corrected chi connectivity index (χ3v) is 3.76. The number of aryl methyl sites for hydroxylation is 1. The Bertz CT molecular complexity index is 984. The predicted molar refractivity (Wildman–Crippen MR) is 102 cm³/mol. The van der Waals surface area contributed by atoms with Crippen LogP contribution < -0.4 is 15.4 Å². The molecule has 7 heteroatoms. The van der Waals surface area contributed by atoms with Crippen molar-refractivity contribution in [1.29, 1.82) is 5.26 Å². The van der Waals surface area contributed by atoms with Crippen molar-refractivity contribution in [3.8, 4) is 11.8 Å². The number of nitrogens with zero attached hydrogens (tertiary/aromatic N) is 3. The number of anilines is 4. The van der Waals surface area contributed by atoms with Crippen LogP contribution in [-0.4, -0.2) is 17.1 Å². The molecule has 1 aromatic heterocycles. The number of aromatic nitrogens is 2. The van der Waals surface area contributed by atoms with Crippen LogP contribution >= 0.6 is 11.6 Å². The van der Waals surface area contributed by atoms with Gasteiger partial charge in [-0.25, -0.2) is 4.98 Å². The van der Waals surface area contributed by atoms with Crippen molar-refractivity contribution in [1.82, 2.24) is 9.97 Å². The van der Waals surface area contributed by atoms with Gasteiger partial charge in [-0.15, -0.1) is 0 Å². The number of benzene rings is 2. The maximum absolute atomic E-state index is 9.02. The highest BCUT2D eigenvalue weighted by atomic mass is 35.5. The van der Waals surface area contributed by atoms with Crippen molar-refractivity contribution < 1.29 is 4.74 Å². The molecule has 0 fully saturated rings. The van der Waals surface area contributed by atoms with E-state index in [4.69, 9.17) is 21.6 Å². The molecule has 3 aromatic rings. The highest BCUT2D eigenvalue weighted by Crippen LogP contribution is 2.30. The van der Waals surface area contributed by atoms with Gasteiger partial charge < -0.3 is 15.4 Å². The van der Waals surface area contributed by atoms with E-state index in [0.717, 1.165) is 11.4 Å². The van der Waals surface area contributed by atoms with Crippen LogP contribution in [0.5, 0.6) is 5.75 Å². The van der Waals surface area contributed by atoms with Gasteiger partial charge in [0.05, 0.1) is 24.4 Å². The first kappa shape index (κ1) is 17.5. The maximum atomic E-state index is 9.02. The van der Waals surface area contributed by atoms with E-state index in [0.29, 0.717) is 33.8 Å². The molecule has 3 rings (SSSR count). The van der Waals surface area contributed by atoms with Crippen molar-refractivity contribution >= 4 is 34.7 Å². The first-order valence-corrected chi connectivity index (χ1v) is 8.18. The fourth-order valence-corrected chi connectivity index (χ4v) is 2.57. The average molecular weight is 366 g/mol. The van der Waals surface area contributed by atoms with E-state index < -0.39 is 0 Å². The molecule has 6 nitrogen and oxygen atoms in total. The summed E-state index contributed by atoms with van der Waals surface area (Å²) in [5.74, 6) is 1.65. The van der Waals surface area contributed by atoms with E-state index in [9.17, 15) is 0 Å². The Morgan fingerprint density at radius 3 is 2.69 bits per heavy atom. The Labute approximate surface area is 156 Å². The number of ether oxygens (including phenoxy) is 1. The number of methoxy groups -OCH3 is 1. The zero-order chi connectivity index (χ0) is 18.5. The van der Waals surface area contributed by atoms with Crippen LogP contribution in [0, 0.1) is 18.3 Å². The summed E-state index contributed by atoms with van der Waals surface area (Å²) in [6, 6.07) is 16.4. The Morgan fingerprint density at radius 1 is 1.08 bits per heavy atom. The Kier molecular flexibility index (Phi) is 5.20. The van der Waals surface area contributed by atoms with Crippen molar-refractivity contribution in [2.24, 2.45) is 0 Å². The van der Waals surface area contributed by atoms with Crippen LogP contribution in [0.4, 0.5) is 23.1 Å². The minimum absolute atomic E-state index is 0.407. The lowest BCUT2D eigenvalue weighted by Crippen LogP contribution is -2.03. The normalized spacial score (nSPS) is 10.1. The van der Waals surface area contributed by atoms with Crippen molar-refractivity contribution in [3.63, 3.8) is 0 Å². The molecule has 0 bridgehead atoms. The molecule has 0 unspecified atom stereocenters. The molecule has 2 N–H and O–H groups in total. The third-order valence-electron chi connectivity index (χ3n) is 3.53. The summed E-state index contributed by atoms with van der Waals surface area (Å²) in [5.41, 5.74) is 2.79. The number of rotatable bonds is 5. The molecular formula is C19H16ClN5O. The lowest BCUT2D eigenvalue weighted by molar-refractivity contribution is 0.417. The van der Waals surface area contributed by atoms with Gasteiger partial charge in [0, 0.05) is 22.5 Å². The van der Waals surface area contributed by atoms with Crippen molar-refractivity contribution in [3.05, 3.63) is 64.8 Å². The Balaban J connectivity index is 1.88. The molecule has 0 atom stereocenters. The van der Waals surface area contributed by atoms with Gasteiger partial charge in [-0.2, -0.15) is 10.2 Å². The Morgan fingerprint density at radius 2 is 1.92 bits per heavy atom. The monoisotopic (exact) mass is 365 g/mol. The van der Waals surface area contributed by atoms with E-state index in [1.165, 1.54) is 0 Å². The average Bonchev–Trinajstić information content (AvgIpc) is 2.61. The minimum Gasteiger partial charge on any atom is -0.495 e. The van der Waals surface area contributed by atoms with Crippen molar-refractivity contribution in [2.75, 3.05) is 17.7 Å². The molecule has 1 heterocycles. The second kappa shape index (κ2) is 7.72. The quantitative estimate of drug-likeness (QED) is 0.675. The van der Waals surface area contributed by atoms with Crippen LogP contribution in [0.2, 0.25) is 5.02 Å². The van der Waals surface area contributed by atoms with E-state index in [-0.39, 0.29) is 0 Å². The highest BCUT2D eigenvalue weighted by molar-refractivity contribution is 6.31. The number of nitriles is 1. The minimum atomic E-state index is 0.407.